The van der Waals surface area contributed by atoms with Gasteiger partial charge in [0.15, 0.2) is 0 Å². The van der Waals surface area contributed by atoms with Crippen LogP contribution in [0, 0.1) is 0 Å². The van der Waals surface area contributed by atoms with E-state index in [-0.39, 0.29) is 22.9 Å². The molecule has 0 bridgehead atoms. The van der Waals surface area contributed by atoms with E-state index in [2.05, 4.69) is 0 Å². The van der Waals surface area contributed by atoms with E-state index in [0.29, 0.717) is 12.3 Å². The van der Waals surface area contributed by atoms with Gasteiger partial charge in [0, 0.05) is 12.6 Å². The highest BCUT2D eigenvalue weighted by molar-refractivity contribution is 7.89. The van der Waals surface area contributed by atoms with Crippen LogP contribution in [-0.4, -0.2) is 43.5 Å². The van der Waals surface area contributed by atoms with Crippen molar-refractivity contribution in [3.05, 3.63) is 23.8 Å². The number of carboxylic acid groups (broad SMARTS) is 1. The second-order valence-electron chi connectivity index (χ2n) is 4.85. The third-order valence-electron chi connectivity index (χ3n) is 3.08. The summed E-state index contributed by atoms with van der Waals surface area (Å²) in [5, 5.41) is 8.98. The average Bonchev–Trinajstić information content (AvgIpc) is 2.37. The largest absolute Gasteiger partial charge is 0.497 e. The molecule has 0 aromatic heterocycles. The summed E-state index contributed by atoms with van der Waals surface area (Å²) in [7, 11) is -2.29. The van der Waals surface area contributed by atoms with E-state index in [9.17, 15) is 13.2 Å². The lowest BCUT2D eigenvalue weighted by molar-refractivity contribution is -0.136. The summed E-state index contributed by atoms with van der Waals surface area (Å²) in [4.78, 5) is 11.0. The Morgan fingerprint density at radius 2 is 2.00 bits per heavy atom. The molecule has 1 aromatic carbocycles. The lowest BCUT2D eigenvalue weighted by Crippen LogP contribution is -2.37. The van der Waals surface area contributed by atoms with E-state index in [1.165, 1.54) is 29.6 Å². The molecule has 0 heterocycles. The minimum Gasteiger partial charge on any atom is -0.497 e. The predicted octanol–water partition coefficient (Wildman–Crippen LogP) is 1.74. The van der Waals surface area contributed by atoms with E-state index in [1.807, 2.05) is 0 Å². The molecule has 0 aliphatic heterocycles. The van der Waals surface area contributed by atoms with Gasteiger partial charge >= 0.3 is 5.97 Å². The first-order valence-electron chi connectivity index (χ1n) is 6.64. The normalized spacial score (nSPS) is 11.9. The molecular weight excluding hydrogens is 294 g/mol. The van der Waals surface area contributed by atoms with Crippen LogP contribution in [0.3, 0.4) is 0 Å². The Morgan fingerprint density at radius 1 is 1.38 bits per heavy atom. The number of hydrogen-bond donors (Lipinski definition) is 1. The monoisotopic (exact) mass is 315 g/mol. The Kier molecular flexibility index (Phi) is 5.74. The molecule has 0 aliphatic carbocycles. The maximum Gasteiger partial charge on any atom is 0.307 e. The van der Waals surface area contributed by atoms with Crippen molar-refractivity contribution in [3.63, 3.8) is 0 Å². The molecule has 1 N–H and O–H groups in total. The smallest absolute Gasteiger partial charge is 0.307 e. The fraction of sp³-hybridized carbons (Fsp3) is 0.500. The number of methoxy groups -OCH3 is 1. The SMILES string of the molecule is CCN(C(C)C)S(=O)(=O)c1ccc(OC)cc1CC(=O)O. The van der Waals surface area contributed by atoms with Crippen LogP contribution < -0.4 is 4.74 Å². The predicted molar refractivity (Wildman–Crippen MR) is 79.0 cm³/mol. The third-order valence-corrected chi connectivity index (χ3v) is 5.33. The Bertz CT molecular complexity index is 610. The number of carbonyl (C=O) groups is 1. The minimum absolute atomic E-state index is 0.0150. The maximum atomic E-state index is 12.7. The summed E-state index contributed by atoms with van der Waals surface area (Å²) in [6.45, 7) is 5.62. The molecule has 0 saturated heterocycles. The van der Waals surface area contributed by atoms with Gasteiger partial charge in [-0.05, 0) is 37.6 Å². The van der Waals surface area contributed by atoms with Crippen LogP contribution in [0.15, 0.2) is 23.1 Å². The Hall–Kier alpha value is -1.60. The lowest BCUT2D eigenvalue weighted by Gasteiger charge is -2.25. The first-order chi connectivity index (χ1) is 9.73. The van der Waals surface area contributed by atoms with Gasteiger partial charge in [0.2, 0.25) is 10.0 Å². The van der Waals surface area contributed by atoms with Crippen LogP contribution >= 0.6 is 0 Å². The summed E-state index contributed by atoms with van der Waals surface area (Å²) >= 11 is 0. The summed E-state index contributed by atoms with van der Waals surface area (Å²) in [5.74, 6) is -0.662. The fourth-order valence-electron chi connectivity index (χ4n) is 2.17. The Morgan fingerprint density at radius 3 is 2.43 bits per heavy atom. The molecule has 6 nitrogen and oxygen atoms in total. The van der Waals surface area contributed by atoms with Crippen molar-refractivity contribution in [3.8, 4) is 5.75 Å². The van der Waals surface area contributed by atoms with Gasteiger partial charge < -0.3 is 9.84 Å². The fourth-order valence-corrected chi connectivity index (χ4v) is 4.02. The zero-order chi connectivity index (χ0) is 16.2. The quantitative estimate of drug-likeness (QED) is 0.828. The van der Waals surface area contributed by atoms with Gasteiger partial charge in [0.1, 0.15) is 5.75 Å². The number of benzene rings is 1. The highest BCUT2D eigenvalue weighted by Crippen LogP contribution is 2.26. The molecular formula is C14H21NO5S. The number of rotatable bonds is 7. The second-order valence-corrected chi connectivity index (χ2v) is 6.71. The van der Waals surface area contributed by atoms with E-state index < -0.39 is 16.0 Å². The zero-order valence-electron chi connectivity index (χ0n) is 12.7. The molecule has 0 spiro atoms. The first kappa shape index (κ1) is 17.5. The van der Waals surface area contributed by atoms with E-state index in [0.717, 1.165) is 0 Å². The first-order valence-corrected chi connectivity index (χ1v) is 8.08. The Labute approximate surface area is 125 Å². The molecule has 7 heteroatoms. The molecule has 118 valence electrons. The van der Waals surface area contributed by atoms with Gasteiger partial charge in [-0.2, -0.15) is 4.31 Å². The molecule has 1 aromatic rings. The Balaban J connectivity index is 3.43. The van der Waals surface area contributed by atoms with Gasteiger partial charge in [0.05, 0.1) is 18.4 Å². The summed E-state index contributed by atoms with van der Waals surface area (Å²) in [6.07, 6.45) is -0.374. The van der Waals surface area contributed by atoms with E-state index in [1.54, 1.807) is 20.8 Å². The summed E-state index contributed by atoms with van der Waals surface area (Å²) in [5.41, 5.74) is 0.223. The lowest BCUT2D eigenvalue weighted by atomic mass is 10.1. The van der Waals surface area contributed by atoms with Crippen molar-refractivity contribution in [2.24, 2.45) is 0 Å². The van der Waals surface area contributed by atoms with Gasteiger partial charge in [-0.15, -0.1) is 0 Å². The molecule has 0 atom stereocenters. The van der Waals surface area contributed by atoms with Crippen LogP contribution in [0.1, 0.15) is 26.3 Å². The molecule has 21 heavy (non-hydrogen) atoms. The van der Waals surface area contributed by atoms with Gasteiger partial charge in [0.25, 0.3) is 0 Å². The molecule has 0 saturated carbocycles. The van der Waals surface area contributed by atoms with Crippen molar-refractivity contribution in [1.82, 2.24) is 4.31 Å². The van der Waals surface area contributed by atoms with Gasteiger partial charge in [-0.25, -0.2) is 8.42 Å². The highest BCUT2D eigenvalue weighted by Gasteiger charge is 2.28. The minimum atomic E-state index is -3.74. The molecule has 0 unspecified atom stereocenters. The van der Waals surface area contributed by atoms with Crippen LogP contribution in [0.25, 0.3) is 0 Å². The number of ether oxygens (including phenoxy) is 1. The number of aliphatic carboxylic acids is 1. The number of carboxylic acids is 1. The average molecular weight is 315 g/mol. The molecule has 0 aliphatic rings. The highest BCUT2D eigenvalue weighted by atomic mass is 32.2. The van der Waals surface area contributed by atoms with E-state index >= 15 is 0 Å². The topological polar surface area (TPSA) is 83.9 Å². The number of hydrogen-bond acceptors (Lipinski definition) is 4. The van der Waals surface area contributed by atoms with Crippen molar-refractivity contribution in [1.29, 1.82) is 0 Å². The van der Waals surface area contributed by atoms with Crippen LogP contribution in [0.2, 0.25) is 0 Å². The number of sulfonamides is 1. The maximum absolute atomic E-state index is 12.7. The van der Waals surface area contributed by atoms with Crippen molar-refractivity contribution in [2.75, 3.05) is 13.7 Å². The standard InChI is InChI=1S/C14H21NO5S/c1-5-15(10(2)3)21(18,19)13-7-6-12(20-4)8-11(13)9-14(16)17/h6-8,10H,5,9H2,1-4H3,(H,16,17). The molecule has 0 radical (unpaired) electrons. The van der Waals surface area contributed by atoms with Crippen molar-refractivity contribution >= 4 is 16.0 Å². The van der Waals surface area contributed by atoms with Crippen LogP contribution in [0.4, 0.5) is 0 Å². The summed E-state index contributed by atoms with van der Waals surface area (Å²) in [6, 6.07) is 4.17. The van der Waals surface area contributed by atoms with Crippen molar-refractivity contribution in [2.45, 2.75) is 38.1 Å². The van der Waals surface area contributed by atoms with E-state index in [4.69, 9.17) is 9.84 Å². The zero-order valence-corrected chi connectivity index (χ0v) is 13.5. The van der Waals surface area contributed by atoms with Crippen LogP contribution in [0.5, 0.6) is 5.75 Å². The number of nitrogens with zero attached hydrogens (tertiary/aromatic N) is 1. The molecule has 0 fully saturated rings. The van der Waals surface area contributed by atoms with Gasteiger partial charge in [-0.3, -0.25) is 4.79 Å². The second kappa shape index (κ2) is 6.91. The molecule has 0 amide bonds. The van der Waals surface area contributed by atoms with Gasteiger partial charge in [-0.1, -0.05) is 6.92 Å². The third kappa shape index (κ3) is 3.95. The molecule has 1 rings (SSSR count). The summed E-state index contributed by atoms with van der Waals surface area (Å²) < 4.78 is 31.8. The van der Waals surface area contributed by atoms with Crippen molar-refractivity contribution < 1.29 is 23.1 Å². The van der Waals surface area contributed by atoms with Crippen LogP contribution in [-0.2, 0) is 21.2 Å².